The fraction of sp³-hybridized carbons (Fsp3) is 0.400. The van der Waals surface area contributed by atoms with Crippen LogP contribution in [0, 0.1) is 6.92 Å². The van der Waals surface area contributed by atoms with E-state index in [0.29, 0.717) is 6.01 Å². The summed E-state index contributed by atoms with van der Waals surface area (Å²) in [6.07, 6.45) is 3.48. The molecule has 0 saturated heterocycles. The highest BCUT2D eigenvalue weighted by molar-refractivity contribution is 5.11. The first-order chi connectivity index (χ1) is 7.29. The maximum atomic E-state index is 5.31. The maximum Gasteiger partial charge on any atom is 0.322 e. The van der Waals surface area contributed by atoms with Crippen LogP contribution in [-0.2, 0) is 6.54 Å². The Bertz CT molecular complexity index is 432. The highest BCUT2D eigenvalue weighted by Crippen LogP contribution is 2.07. The number of aryl methyl sites for hydroxylation is 1. The number of oxazole rings is 1. The Labute approximate surface area is 88.1 Å². The van der Waals surface area contributed by atoms with Crippen molar-refractivity contribution in [1.82, 2.24) is 20.1 Å². The fourth-order valence-electron chi connectivity index (χ4n) is 1.26. The average molecular weight is 206 g/mol. The van der Waals surface area contributed by atoms with Crippen molar-refractivity contribution in [2.75, 3.05) is 6.54 Å². The molecule has 2 aromatic rings. The molecule has 0 aromatic carbocycles. The first-order valence-corrected chi connectivity index (χ1v) is 4.97. The molecule has 0 radical (unpaired) electrons. The topological polar surface area (TPSA) is 55.9 Å². The number of rotatable bonds is 4. The lowest BCUT2D eigenvalue weighted by atomic mass is 10.5. The largest absolute Gasteiger partial charge is 0.430 e. The summed E-state index contributed by atoms with van der Waals surface area (Å²) >= 11 is 0. The van der Waals surface area contributed by atoms with Gasteiger partial charge >= 0.3 is 6.01 Å². The van der Waals surface area contributed by atoms with Crippen LogP contribution in [0.2, 0.25) is 0 Å². The van der Waals surface area contributed by atoms with Gasteiger partial charge in [0, 0.05) is 12.7 Å². The van der Waals surface area contributed by atoms with Crippen LogP contribution in [0.5, 0.6) is 0 Å². The smallest absolute Gasteiger partial charge is 0.322 e. The fourth-order valence-corrected chi connectivity index (χ4v) is 1.26. The van der Waals surface area contributed by atoms with E-state index in [9.17, 15) is 0 Å². The number of nitrogens with zero attached hydrogens (tertiary/aromatic N) is 3. The summed E-state index contributed by atoms with van der Waals surface area (Å²) in [6, 6.07) is 2.42. The lowest BCUT2D eigenvalue weighted by Gasteiger charge is -1.94. The minimum atomic E-state index is 0.510. The molecule has 0 saturated carbocycles. The Kier molecular flexibility index (Phi) is 2.82. The molecule has 0 spiro atoms. The Hall–Kier alpha value is -1.62. The predicted octanol–water partition coefficient (Wildman–Crippen LogP) is 1.28. The van der Waals surface area contributed by atoms with Crippen LogP contribution in [-0.4, -0.2) is 21.3 Å². The minimum Gasteiger partial charge on any atom is -0.430 e. The Balaban J connectivity index is 2.13. The molecule has 80 valence electrons. The average Bonchev–Trinajstić information content (AvgIpc) is 2.83. The zero-order chi connectivity index (χ0) is 10.7. The van der Waals surface area contributed by atoms with Gasteiger partial charge in [0.2, 0.25) is 0 Å². The van der Waals surface area contributed by atoms with Crippen LogP contribution >= 0.6 is 0 Å². The molecule has 0 atom stereocenters. The lowest BCUT2D eigenvalue weighted by molar-refractivity contribution is 0.508. The third-order valence-electron chi connectivity index (χ3n) is 2.01. The zero-order valence-electron chi connectivity index (χ0n) is 8.90. The number of aromatic nitrogens is 3. The van der Waals surface area contributed by atoms with E-state index >= 15 is 0 Å². The highest BCUT2D eigenvalue weighted by atomic mass is 16.4. The van der Waals surface area contributed by atoms with Gasteiger partial charge in [-0.05, 0) is 19.5 Å². The monoisotopic (exact) mass is 206 g/mol. The van der Waals surface area contributed by atoms with Crippen LogP contribution in [0.4, 0.5) is 0 Å². The standard InChI is InChI=1S/C10H14N4O/c1-3-11-6-9-7-15-10(12-9)14-5-4-8(2)13-14/h4-5,7,11H,3,6H2,1-2H3. The second-order valence-electron chi connectivity index (χ2n) is 3.30. The van der Waals surface area contributed by atoms with Gasteiger partial charge in [-0.1, -0.05) is 6.92 Å². The predicted molar refractivity (Wildman–Crippen MR) is 55.7 cm³/mol. The van der Waals surface area contributed by atoms with Gasteiger partial charge in [-0.2, -0.15) is 14.8 Å². The molecule has 0 bridgehead atoms. The van der Waals surface area contributed by atoms with Crippen molar-refractivity contribution < 1.29 is 4.42 Å². The first-order valence-electron chi connectivity index (χ1n) is 4.97. The molecule has 0 unspecified atom stereocenters. The van der Waals surface area contributed by atoms with Gasteiger partial charge in [0.1, 0.15) is 6.26 Å². The number of hydrogen-bond acceptors (Lipinski definition) is 4. The van der Waals surface area contributed by atoms with Gasteiger partial charge in [-0.25, -0.2) is 0 Å². The highest BCUT2D eigenvalue weighted by Gasteiger charge is 2.06. The Morgan fingerprint density at radius 3 is 3.07 bits per heavy atom. The molecule has 5 nitrogen and oxygen atoms in total. The van der Waals surface area contributed by atoms with E-state index in [1.807, 2.05) is 19.2 Å². The summed E-state index contributed by atoms with van der Waals surface area (Å²) in [4.78, 5) is 4.30. The molecule has 0 aliphatic carbocycles. The van der Waals surface area contributed by atoms with Crippen molar-refractivity contribution in [2.24, 2.45) is 0 Å². The van der Waals surface area contributed by atoms with Crippen LogP contribution < -0.4 is 5.32 Å². The minimum absolute atomic E-state index is 0.510. The van der Waals surface area contributed by atoms with Gasteiger partial charge in [-0.15, -0.1) is 0 Å². The Morgan fingerprint density at radius 2 is 2.40 bits per heavy atom. The summed E-state index contributed by atoms with van der Waals surface area (Å²) in [5.41, 5.74) is 1.83. The molecule has 0 amide bonds. The van der Waals surface area contributed by atoms with Crippen molar-refractivity contribution in [1.29, 1.82) is 0 Å². The first kappa shape index (κ1) is 9.92. The summed E-state index contributed by atoms with van der Waals surface area (Å²) in [6.45, 7) is 5.63. The summed E-state index contributed by atoms with van der Waals surface area (Å²) in [5.74, 6) is 0. The molecular weight excluding hydrogens is 192 g/mol. The normalized spacial score (nSPS) is 10.8. The van der Waals surface area contributed by atoms with Crippen molar-refractivity contribution in [3.63, 3.8) is 0 Å². The van der Waals surface area contributed by atoms with Gasteiger partial charge in [0.05, 0.1) is 11.4 Å². The maximum absolute atomic E-state index is 5.31. The van der Waals surface area contributed by atoms with E-state index < -0.39 is 0 Å². The number of nitrogens with one attached hydrogen (secondary N) is 1. The molecule has 1 N–H and O–H groups in total. The van der Waals surface area contributed by atoms with E-state index in [-0.39, 0.29) is 0 Å². The van der Waals surface area contributed by atoms with Gasteiger partial charge in [0.15, 0.2) is 0 Å². The Morgan fingerprint density at radius 1 is 1.53 bits per heavy atom. The second-order valence-corrected chi connectivity index (χ2v) is 3.30. The summed E-state index contributed by atoms with van der Waals surface area (Å²) in [5, 5.41) is 7.40. The second kappa shape index (κ2) is 4.27. The van der Waals surface area contributed by atoms with Gasteiger partial charge < -0.3 is 9.73 Å². The quantitative estimate of drug-likeness (QED) is 0.818. The van der Waals surface area contributed by atoms with E-state index in [1.165, 1.54) is 0 Å². The van der Waals surface area contributed by atoms with Crippen molar-refractivity contribution >= 4 is 0 Å². The van der Waals surface area contributed by atoms with Crippen molar-refractivity contribution in [2.45, 2.75) is 20.4 Å². The van der Waals surface area contributed by atoms with Gasteiger partial charge in [0.25, 0.3) is 0 Å². The molecular formula is C10H14N4O. The van der Waals surface area contributed by atoms with Crippen LogP contribution in [0.15, 0.2) is 22.9 Å². The summed E-state index contributed by atoms with van der Waals surface area (Å²) in [7, 11) is 0. The van der Waals surface area contributed by atoms with Crippen LogP contribution in [0.3, 0.4) is 0 Å². The molecule has 0 aliphatic rings. The molecule has 0 aliphatic heterocycles. The SMILES string of the molecule is CCNCc1coc(-n2ccc(C)n2)n1. The zero-order valence-corrected chi connectivity index (χ0v) is 8.90. The molecule has 2 rings (SSSR count). The number of hydrogen-bond donors (Lipinski definition) is 1. The molecule has 5 heteroatoms. The van der Waals surface area contributed by atoms with Crippen LogP contribution in [0.1, 0.15) is 18.3 Å². The lowest BCUT2D eigenvalue weighted by Crippen LogP contribution is -2.12. The van der Waals surface area contributed by atoms with E-state index in [0.717, 1.165) is 24.5 Å². The molecule has 0 fully saturated rings. The van der Waals surface area contributed by atoms with Crippen molar-refractivity contribution in [3.8, 4) is 6.01 Å². The van der Waals surface area contributed by atoms with Gasteiger partial charge in [-0.3, -0.25) is 0 Å². The molecule has 15 heavy (non-hydrogen) atoms. The summed E-state index contributed by atoms with van der Waals surface area (Å²) < 4.78 is 6.94. The van der Waals surface area contributed by atoms with E-state index in [1.54, 1.807) is 10.9 Å². The molecule has 2 heterocycles. The third-order valence-corrected chi connectivity index (χ3v) is 2.01. The molecule has 2 aromatic heterocycles. The van der Waals surface area contributed by atoms with Crippen LogP contribution in [0.25, 0.3) is 6.01 Å². The van der Waals surface area contributed by atoms with E-state index in [2.05, 4.69) is 22.3 Å². The van der Waals surface area contributed by atoms with Crippen molar-refractivity contribution in [3.05, 3.63) is 29.9 Å². The van der Waals surface area contributed by atoms with E-state index in [4.69, 9.17) is 4.42 Å². The third kappa shape index (κ3) is 2.24.